The summed E-state index contributed by atoms with van der Waals surface area (Å²) >= 11 is 1.22. The van der Waals surface area contributed by atoms with E-state index in [9.17, 15) is 22.4 Å². The molecule has 3 rings (SSSR count). The molecule has 0 amide bonds. The fraction of sp³-hybridized carbons (Fsp3) is 0.391. The van der Waals surface area contributed by atoms with E-state index < -0.39 is 18.7 Å². The van der Waals surface area contributed by atoms with Gasteiger partial charge in [0, 0.05) is 18.7 Å². The number of Topliss-reactive ketones (excluding diaryl/α,β-unsaturated/α-hetero) is 1. The number of nitrogens with zero attached hydrogens (tertiary/aromatic N) is 3. The van der Waals surface area contributed by atoms with E-state index in [1.807, 2.05) is 24.0 Å². The van der Waals surface area contributed by atoms with Crippen LogP contribution in [0.2, 0.25) is 0 Å². The van der Waals surface area contributed by atoms with Gasteiger partial charge in [0.25, 0.3) is 0 Å². The predicted octanol–water partition coefficient (Wildman–Crippen LogP) is 6.33. The molecule has 0 spiro atoms. The Morgan fingerprint density at radius 1 is 1.34 bits per heavy atom. The summed E-state index contributed by atoms with van der Waals surface area (Å²) in [4.78, 5) is 15.5. The zero-order chi connectivity index (χ0) is 23.3. The van der Waals surface area contributed by atoms with Crippen molar-refractivity contribution in [3.8, 4) is 10.6 Å². The van der Waals surface area contributed by atoms with E-state index in [2.05, 4.69) is 23.8 Å². The van der Waals surface area contributed by atoms with Crippen molar-refractivity contribution in [1.29, 1.82) is 0 Å². The van der Waals surface area contributed by atoms with E-state index in [1.54, 1.807) is 12.1 Å². The normalized spacial score (nSPS) is 15.8. The molecule has 0 N–H and O–H groups in total. The number of thiophene rings is 1. The highest BCUT2D eigenvalue weighted by Crippen LogP contribution is 2.36. The van der Waals surface area contributed by atoms with Crippen molar-refractivity contribution < 1.29 is 22.4 Å². The van der Waals surface area contributed by atoms with Crippen molar-refractivity contribution in [2.75, 3.05) is 13.1 Å². The van der Waals surface area contributed by atoms with Gasteiger partial charge in [-0.25, -0.2) is 9.07 Å². The first-order chi connectivity index (χ1) is 15.2. The Morgan fingerprint density at radius 3 is 2.72 bits per heavy atom. The van der Waals surface area contributed by atoms with Gasteiger partial charge >= 0.3 is 6.18 Å². The third-order valence-corrected chi connectivity index (χ3v) is 6.29. The minimum Gasteiger partial charge on any atom is -0.363 e. The lowest BCUT2D eigenvalue weighted by Crippen LogP contribution is -2.32. The Hall–Kier alpha value is -2.68. The maximum atomic E-state index is 13.1. The number of ketones is 1. The van der Waals surface area contributed by atoms with Gasteiger partial charge in [0.2, 0.25) is 0 Å². The van der Waals surface area contributed by atoms with Gasteiger partial charge in [-0.1, -0.05) is 37.8 Å². The third kappa shape index (κ3) is 5.76. The van der Waals surface area contributed by atoms with Crippen LogP contribution in [0, 0.1) is 5.92 Å². The Bertz CT molecular complexity index is 1020. The Balaban J connectivity index is 1.83. The van der Waals surface area contributed by atoms with Gasteiger partial charge in [0.15, 0.2) is 12.6 Å². The Kier molecular flexibility index (Phi) is 7.71. The predicted molar refractivity (Wildman–Crippen MR) is 119 cm³/mol. The number of allylic oxidation sites excluding steroid dienone is 3. The highest BCUT2D eigenvalue weighted by atomic mass is 32.1. The molecule has 0 radical (unpaired) electrons. The van der Waals surface area contributed by atoms with Gasteiger partial charge in [0.1, 0.15) is 11.4 Å². The minimum absolute atomic E-state index is 0.0491. The number of hydrogen-bond acceptors (Lipinski definition) is 4. The van der Waals surface area contributed by atoms with Crippen LogP contribution in [-0.2, 0) is 17.8 Å². The molecule has 0 saturated heterocycles. The summed E-state index contributed by atoms with van der Waals surface area (Å²) in [6.07, 6.45) is 5.52. The fourth-order valence-corrected chi connectivity index (χ4v) is 4.49. The van der Waals surface area contributed by atoms with Crippen molar-refractivity contribution in [3.05, 3.63) is 59.7 Å². The van der Waals surface area contributed by atoms with Gasteiger partial charge in [0.05, 0.1) is 16.3 Å². The maximum absolute atomic E-state index is 13.1. The maximum Gasteiger partial charge on any atom is 0.433 e. The number of hydrogen-bond donors (Lipinski definition) is 0. The summed E-state index contributed by atoms with van der Waals surface area (Å²) in [6, 6.07) is 4.24. The molecule has 1 aliphatic carbocycles. The number of carbonyl (C=O) groups is 1. The second kappa shape index (κ2) is 10.3. The molecule has 0 bridgehead atoms. The SMILES string of the molecule is C=C(c1ccc(-c2cc(C(F)(F)F)n(CF)n2)s1)N(CC(=O)CCC)CC1C=CC=CC1. The molecule has 1 atom stereocenters. The summed E-state index contributed by atoms with van der Waals surface area (Å²) in [7, 11) is 0. The Morgan fingerprint density at radius 2 is 2.12 bits per heavy atom. The summed E-state index contributed by atoms with van der Waals surface area (Å²) in [6.45, 7) is 5.58. The second-order valence-electron chi connectivity index (χ2n) is 7.62. The van der Waals surface area contributed by atoms with E-state index in [0.29, 0.717) is 28.2 Å². The highest BCUT2D eigenvalue weighted by molar-refractivity contribution is 7.16. The van der Waals surface area contributed by atoms with Crippen LogP contribution in [0.5, 0.6) is 0 Å². The number of rotatable bonds is 10. The summed E-state index contributed by atoms with van der Waals surface area (Å²) in [5.74, 6) is 0.345. The van der Waals surface area contributed by atoms with Crippen LogP contribution in [0.3, 0.4) is 0 Å². The largest absolute Gasteiger partial charge is 0.433 e. The molecule has 4 nitrogen and oxygen atoms in total. The molecule has 1 unspecified atom stereocenters. The highest BCUT2D eigenvalue weighted by Gasteiger charge is 2.36. The quantitative estimate of drug-likeness (QED) is 0.383. The van der Waals surface area contributed by atoms with E-state index >= 15 is 0 Å². The summed E-state index contributed by atoms with van der Waals surface area (Å²) in [5.41, 5.74) is -0.449. The van der Waals surface area contributed by atoms with Crippen LogP contribution in [0.25, 0.3) is 16.3 Å². The molecular weight excluding hydrogens is 442 g/mol. The van der Waals surface area contributed by atoms with Crippen LogP contribution in [0.1, 0.15) is 36.8 Å². The number of carbonyl (C=O) groups excluding carboxylic acids is 1. The smallest absolute Gasteiger partial charge is 0.363 e. The van der Waals surface area contributed by atoms with Crippen molar-refractivity contribution in [2.45, 2.75) is 39.2 Å². The number of aromatic nitrogens is 2. The summed E-state index contributed by atoms with van der Waals surface area (Å²) < 4.78 is 52.7. The molecule has 172 valence electrons. The molecule has 0 aliphatic heterocycles. The van der Waals surface area contributed by atoms with Gasteiger partial charge in [-0.2, -0.15) is 18.3 Å². The van der Waals surface area contributed by atoms with Gasteiger partial charge in [-0.3, -0.25) is 4.79 Å². The van der Waals surface area contributed by atoms with E-state index in [1.165, 1.54) is 11.3 Å². The van der Waals surface area contributed by atoms with Crippen molar-refractivity contribution in [2.24, 2.45) is 5.92 Å². The first-order valence-electron chi connectivity index (χ1n) is 10.3. The lowest BCUT2D eigenvalue weighted by Gasteiger charge is -2.29. The van der Waals surface area contributed by atoms with Gasteiger partial charge < -0.3 is 4.90 Å². The fourth-order valence-electron chi connectivity index (χ4n) is 3.53. The molecule has 0 fully saturated rings. The molecular formula is C23H25F4N3OS. The average molecular weight is 468 g/mol. The molecule has 2 aromatic heterocycles. The first-order valence-corrected chi connectivity index (χ1v) is 11.1. The zero-order valence-electron chi connectivity index (χ0n) is 17.7. The minimum atomic E-state index is -4.70. The zero-order valence-corrected chi connectivity index (χ0v) is 18.6. The lowest BCUT2D eigenvalue weighted by atomic mass is 9.99. The Labute approximate surface area is 188 Å². The summed E-state index contributed by atoms with van der Waals surface area (Å²) in [5, 5.41) is 3.77. The monoisotopic (exact) mass is 467 g/mol. The van der Waals surface area contributed by atoms with Crippen molar-refractivity contribution >= 4 is 22.8 Å². The molecule has 2 aromatic rings. The molecule has 9 heteroatoms. The molecule has 32 heavy (non-hydrogen) atoms. The van der Waals surface area contributed by atoms with Crippen molar-refractivity contribution in [1.82, 2.24) is 14.7 Å². The lowest BCUT2D eigenvalue weighted by molar-refractivity contribution is -0.145. The van der Waals surface area contributed by atoms with E-state index in [0.717, 1.165) is 23.8 Å². The van der Waals surface area contributed by atoms with Crippen molar-refractivity contribution in [3.63, 3.8) is 0 Å². The van der Waals surface area contributed by atoms with Crippen LogP contribution in [-0.4, -0.2) is 33.6 Å². The van der Waals surface area contributed by atoms with Crippen LogP contribution in [0.15, 0.2) is 49.1 Å². The number of alkyl halides is 4. The van der Waals surface area contributed by atoms with Crippen LogP contribution in [0.4, 0.5) is 17.6 Å². The van der Waals surface area contributed by atoms with Crippen LogP contribution >= 0.6 is 11.3 Å². The molecule has 0 saturated carbocycles. The average Bonchev–Trinajstić information content (AvgIpc) is 3.40. The van der Waals surface area contributed by atoms with Gasteiger partial charge in [-0.05, 0) is 37.0 Å². The second-order valence-corrected chi connectivity index (χ2v) is 8.70. The molecule has 0 aromatic carbocycles. The van der Waals surface area contributed by atoms with Crippen LogP contribution < -0.4 is 0 Å². The van der Waals surface area contributed by atoms with Gasteiger partial charge in [-0.15, -0.1) is 11.3 Å². The number of halogens is 4. The standard InChI is InChI=1S/C23H25F4N3OS/c1-3-7-18(31)14-29(13-17-8-5-4-6-9-17)16(2)20-10-11-21(32-20)19-12-22(23(25,26)27)30(15-24)28-19/h4-6,8,10-12,17H,2-3,7,9,13-15H2,1H3. The first kappa shape index (κ1) is 24.0. The van der Waals surface area contributed by atoms with E-state index in [4.69, 9.17) is 0 Å². The topological polar surface area (TPSA) is 38.1 Å². The third-order valence-electron chi connectivity index (χ3n) is 5.13. The molecule has 2 heterocycles. The van der Waals surface area contributed by atoms with E-state index in [-0.39, 0.29) is 23.9 Å². The molecule has 1 aliphatic rings.